The Morgan fingerprint density at radius 3 is 1.35 bits per heavy atom. The minimum atomic E-state index is -0.413. The third-order valence-electron chi connectivity index (χ3n) is 5.65. The molecule has 0 aliphatic rings. The Hall–Kier alpha value is -3.80. The molecular formula is C28H32N2O4. The summed E-state index contributed by atoms with van der Waals surface area (Å²) in [6.07, 6.45) is 5.90. The molecule has 0 spiro atoms. The summed E-state index contributed by atoms with van der Waals surface area (Å²) in [6, 6.07) is 16.9. The number of aromatic hydroxyl groups is 2. The first-order valence-electron chi connectivity index (χ1n) is 11.8. The van der Waals surface area contributed by atoms with Gasteiger partial charge in [0.15, 0.2) is 0 Å². The fourth-order valence-electron chi connectivity index (χ4n) is 3.65. The van der Waals surface area contributed by atoms with Gasteiger partial charge in [0.25, 0.3) is 11.8 Å². The summed E-state index contributed by atoms with van der Waals surface area (Å²) in [5, 5.41) is 26.0. The van der Waals surface area contributed by atoms with E-state index in [1.807, 2.05) is 12.1 Å². The summed E-state index contributed by atoms with van der Waals surface area (Å²) in [4.78, 5) is 25.1. The van der Waals surface area contributed by atoms with Crippen molar-refractivity contribution in [3.05, 3.63) is 82.9 Å². The van der Waals surface area contributed by atoms with Crippen molar-refractivity contribution >= 4 is 23.2 Å². The summed E-state index contributed by atoms with van der Waals surface area (Å²) in [7, 11) is 0. The molecule has 3 rings (SSSR count). The zero-order valence-corrected chi connectivity index (χ0v) is 19.7. The molecule has 0 radical (unpaired) electrons. The predicted octanol–water partition coefficient (Wildman–Crippen LogP) is 6.29. The molecule has 0 saturated heterocycles. The molecule has 0 atom stereocenters. The number of hydrogen-bond donors (Lipinski definition) is 4. The minimum absolute atomic E-state index is 0.0458. The van der Waals surface area contributed by atoms with Crippen LogP contribution in [0.4, 0.5) is 11.4 Å². The van der Waals surface area contributed by atoms with Crippen LogP contribution < -0.4 is 10.6 Å². The van der Waals surface area contributed by atoms with E-state index in [-0.39, 0.29) is 22.6 Å². The highest BCUT2D eigenvalue weighted by molar-refractivity contribution is 6.07. The molecule has 0 aliphatic carbocycles. The van der Waals surface area contributed by atoms with Crippen LogP contribution in [0.2, 0.25) is 0 Å². The number of hydrogen-bond acceptors (Lipinski definition) is 4. The van der Waals surface area contributed by atoms with Crippen LogP contribution >= 0.6 is 0 Å². The van der Waals surface area contributed by atoms with Crippen molar-refractivity contribution in [2.75, 3.05) is 10.6 Å². The molecule has 0 aliphatic heterocycles. The highest BCUT2D eigenvalue weighted by atomic mass is 16.3. The standard InChI is InChI=1S/C28H32N2O4/c1-3-5-7-19-9-15-23(25(31)17-19)27(33)29-21-11-13-22(14-12-21)30-28(34)24-16-10-20(8-6-4-2)18-26(24)32/h9-18,31-32H,3-8H2,1-2H3,(H,29,33)(H,30,34). The normalized spacial score (nSPS) is 10.6. The van der Waals surface area contributed by atoms with Crippen LogP contribution in [0.25, 0.3) is 0 Å². The van der Waals surface area contributed by atoms with E-state index < -0.39 is 11.8 Å². The van der Waals surface area contributed by atoms with Crippen LogP contribution in [-0.2, 0) is 12.8 Å². The summed E-state index contributed by atoms with van der Waals surface area (Å²) in [5.41, 5.74) is 3.46. The van der Waals surface area contributed by atoms with Crippen LogP contribution in [-0.4, -0.2) is 22.0 Å². The van der Waals surface area contributed by atoms with E-state index in [9.17, 15) is 19.8 Å². The number of aryl methyl sites for hydroxylation is 2. The van der Waals surface area contributed by atoms with Gasteiger partial charge in [-0.1, -0.05) is 38.8 Å². The van der Waals surface area contributed by atoms with E-state index in [0.29, 0.717) is 11.4 Å². The Bertz CT molecular complexity index is 1050. The summed E-state index contributed by atoms with van der Waals surface area (Å²) in [6.45, 7) is 4.21. The van der Waals surface area contributed by atoms with E-state index in [1.54, 1.807) is 48.5 Å². The third-order valence-corrected chi connectivity index (χ3v) is 5.65. The van der Waals surface area contributed by atoms with E-state index in [1.165, 1.54) is 0 Å². The van der Waals surface area contributed by atoms with Gasteiger partial charge in [0.1, 0.15) is 11.5 Å². The summed E-state index contributed by atoms with van der Waals surface area (Å²) in [5.74, 6) is -0.917. The van der Waals surface area contributed by atoms with Crippen molar-refractivity contribution in [2.45, 2.75) is 52.4 Å². The van der Waals surface area contributed by atoms with E-state index in [4.69, 9.17) is 0 Å². The van der Waals surface area contributed by atoms with Crippen LogP contribution in [0.5, 0.6) is 11.5 Å². The number of phenolic OH excluding ortho intramolecular Hbond substituents is 2. The number of unbranched alkanes of at least 4 members (excludes halogenated alkanes) is 2. The maximum atomic E-state index is 12.6. The van der Waals surface area contributed by atoms with Gasteiger partial charge in [-0.2, -0.15) is 0 Å². The average molecular weight is 461 g/mol. The second kappa shape index (κ2) is 11.9. The van der Waals surface area contributed by atoms with Crippen molar-refractivity contribution in [3.8, 4) is 11.5 Å². The molecule has 3 aromatic rings. The molecule has 178 valence electrons. The fraction of sp³-hybridized carbons (Fsp3) is 0.286. The summed E-state index contributed by atoms with van der Waals surface area (Å²) >= 11 is 0. The second-order valence-electron chi connectivity index (χ2n) is 8.40. The maximum absolute atomic E-state index is 12.6. The summed E-state index contributed by atoms with van der Waals surface area (Å²) < 4.78 is 0. The number of benzene rings is 3. The number of nitrogens with one attached hydrogen (secondary N) is 2. The van der Waals surface area contributed by atoms with Crippen LogP contribution in [0.15, 0.2) is 60.7 Å². The SMILES string of the molecule is CCCCc1ccc(C(=O)Nc2ccc(NC(=O)c3ccc(CCCC)cc3O)cc2)c(O)c1. The van der Waals surface area contributed by atoms with Gasteiger partial charge in [-0.25, -0.2) is 0 Å². The Morgan fingerprint density at radius 1 is 0.647 bits per heavy atom. The van der Waals surface area contributed by atoms with Gasteiger partial charge in [0.2, 0.25) is 0 Å². The van der Waals surface area contributed by atoms with Crippen LogP contribution in [0.3, 0.4) is 0 Å². The third kappa shape index (κ3) is 6.61. The maximum Gasteiger partial charge on any atom is 0.259 e. The molecular weight excluding hydrogens is 428 g/mol. The van der Waals surface area contributed by atoms with Gasteiger partial charge in [0.05, 0.1) is 11.1 Å². The number of amides is 2. The predicted molar refractivity (Wildman–Crippen MR) is 136 cm³/mol. The molecule has 4 N–H and O–H groups in total. The topological polar surface area (TPSA) is 98.7 Å². The number of carbonyl (C=O) groups is 2. The second-order valence-corrected chi connectivity index (χ2v) is 8.40. The zero-order chi connectivity index (χ0) is 24.5. The van der Waals surface area contributed by atoms with Crippen molar-refractivity contribution < 1.29 is 19.8 Å². The van der Waals surface area contributed by atoms with Gasteiger partial charge < -0.3 is 20.8 Å². The number of carbonyl (C=O) groups excluding carboxylic acids is 2. The molecule has 0 unspecified atom stereocenters. The molecule has 0 fully saturated rings. The van der Waals surface area contributed by atoms with Gasteiger partial charge in [0, 0.05) is 11.4 Å². The Balaban J connectivity index is 1.61. The van der Waals surface area contributed by atoms with Crippen LogP contribution in [0, 0.1) is 0 Å². The number of phenols is 2. The van der Waals surface area contributed by atoms with Crippen molar-refractivity contribution in [3.63, 3.8) is 0 Å². The Labute approximate surface area is 200 Å². The molecule has 6 heteroatoms. The molecule has 6 nitrogen and oxygen atoms in total. The monoisotopic (exact) mass is 460 g/mol. The van der Waals surface area contributed by atoms with Crippen molar-refractivity contribution in [1.29, 1.82) is 0 Å². The first-order valence-corrected chi connectivity index (χ1v) is 11.8. The lowest BCUT2D eigenvalue weighted by Gasteiger charge is -2.11. The van der Waals surface area contributed by atoms with Gasteiger partial charge in [-0.05, 0) is 85.3 Å². The fourth-order valence-corrected chi connectivity index (χ4v) is 3.65. The highest BCUT2D eigenvalue weighted by Gasteiger charge is 2.14. The molecule has 0 heterocycles. The van der Waals surface area contributed by atoms with Crippen LogP contribution in [0.1, 0.15) is 71.4 Å². The first-order chi connectivity index (χ1) is 16.4. The Kier molecular flexibility index (Phi) is 8.68. The van der Waals surface area contributed by atoms with Gasteiger partial charge >= 0.3 is 0 Å². The lowest BCUT2D eigenvalue weighted by Crippen LogP contribution is -2.13. The van der Waals surface area contributed by atoms with E-state index in [2.05, 4.69) is 24.5 Å². The largest absolute Gasteiger partial charge is 0.507 e. The number of rotatable bonds is 10. The smallest absolute Gasteiger partial charge is 0.259 e. The minimum Gasteiger partial charge on any atom is -0.507 e. The first kappa shape index (κ1) is 24.8. The quantitative estimate of drug-likeness (QED) is 0.286. The number of anilines is 2. The van der Waals surface area contributed by atoms with E-state index >= 15 is 0 Å². The zero-order valence-electron chi connectivity index (χ0n) is 19.7. The molecule has 0 bridgehead atoms. The van der Waals surface area contributed by atoms with Crippen molar-refractivity contribution in [2.24, 2.45) is 0 Å². The molecule has 0 saturated carbocycles. The van der Waals surface area contributed by atoms with Gasteiger partial charge in [-0.3, -0.25) is 9.59 Å². The molecule has 3 aromatic carbocycles. The van der Waals surface area contributed by atoms with E-state index in [0.717, 1.165) is 49.7 Å². The average Bonchev–Trinajstić information content (AvgIpc) is 2.82. The lowest BCUT2D eigenvalue weighted by atomic mass is 10.0. The Morgan fingerprint density at radius 2 is 1.03 bits per heavy atom. The molecule has 2 amide bonds. The highest BCUT2D eigenvalue weighted by Crippen LogP contribution is 2.24. The molecule has 0 aromatic heterocycles. The van der Waals surface area contributed by atoms with Gasteiger partial charge in [-0.15, -0.1) is 0 Å². The van der Waals surface area contributed by atoms with Crippen molar-refractivity contribution in [1.82, 2.24) is 0 Å². The lowest BCUT2D eigenvalue weighted by molar-refractivity contribution is 0.101. The molecule has 34 heavy (non-hydrogen) atoms.